The highest BCUT2D eigenvalue weighted by atomic mass is 35.5. The van der Waals surface area contributed by atoms with Crippen LogP contribution in [0.25, 0.3) is 10.9 Å². The number of benzene rings is 1. The summed E-state index contributed by atoms with van der Waals surface area (Å²) >= 11 is 12.2. The SMILES string of the molecule is Clc1cc(Cl)c2ccn(Cc3cccnc3)c2c1. The molecule has 0 spiro atoms. The van der Waals surface area contributed by atoms with E-state index in [4.69, 9.17) is 23.2 Å². The molecule has 0 fully saturated rings. The third kappa shape index (κ3) is 2.09. The molecule has 2 heterocycles. The molecule has 3 rings (SSSR count). The molecule has 18 heavy (non-hydrogen) atoms. The van der Waals surface area contributed by atoms with Gasteiger partial charge in [0.1, 0.15) is 0 Å². The number of hydrogen-bond acceptors (Lipinski definition) is 1. The van der Waals surface area contributed by atoms with Crippen molar-refractivity contribution in [2.75, 3.05) is 0 Å². The first-order chi connectivity index (χ1) is 8.74. The van der Waals surface area contributed by atoms with Gasteiger partial charge in [0.05, 0.1) is 10.5 Å². The van der Waals surface area contributed by atoms with Crippen molar-refractivity contribution in [1.82, 2.24) is 9.55 Å². The van der Waals surface area contributed by atoms with Gasteiger partial charge < -0.3 is 4.57 Å². The van der Waals surface area contributed by atoms with Crippen molar-refractivity contribution < 1.29 is 0 Å². The molecule has 2 aromatic heterocycles. The molecule has 0 N–H and O–H groups in total. The van der Waals surface area contributed by atoms with Crippen molar-refractivity contribution >= 4 is 34.1 Å². The Balaban J connectivity index is 2.08. The number of fused-ring (bicyclic) bond motifs is 1. The topological polar surface area (TPSA) is 17.8 Å². The molecular weight excluding hydrogens is 267 g/mol. The second kappa shape index (κ2) is 4.63. The lowest BCUT2D eigenvalue weighted by Crippen LogP contribution is -1.97. The Labute approximate surface area is 115 Å². The fourth-order valence-corrected chi connectivity index (χ4v) is 2.59. The lowest BCUT2D eigenvalue weighted by Gasteiger charge is -2.06. The van der Waals surface area contributed by atoms with Crippen molar-refractivity contribution in [3.63, 3.8) is 0 Å². The molecule has 0 bridgehead atoms. The van der Waals surface area contributed by atoms with Crippen molar-refractivity contribution in [3.05, 3.63) is 64.5 Å². The van der Waals surface area contributed by atoms with E-state index in [9.17, 15) is 0 Å². The molecular formula is C14H10Cl2N2. The van der Waals surface area contributed by atoms with Crippen LogP contribution in [0.4, 0.5) is 0 Å². The average Bonchev–Trinajstić information content (AvgIpc) is 2.74. The van der Waals surface area contributed by atoms with E-state index in [1.165, 1.54) is 0 Å². The number of halogens is 2. The minimum Gasteiger partial charge on any atom is -0.343 e. The van der Waals surface area contributed by atoms with Gasteiger partial charge in [0.2, 0.25) is 0 Å². The van der Waals surface area contributed by atoms with Gasteiger partial charge in [-0.3, -0.25) is 4.98 Å². The van der Waals surface area contributed by atoms with Crippen LogP contribution in [-0.4, -0.2) is 9.55 Å². The molecule has 0 radical (unpaired) electrons. The van der Waals surface area contributed by atoms with Gasteiger partial charge in [-0.15, -0.1) is 0 Å². The molecule has 0 amide bonds. The summed E-state index contributed by atoms with van der Waals surface area (Å²) in [5.74, 6) is 0. The predicted molar refractivity (Wildman–Crippen MR) is 75.3 cm³/mol. The van der Waals surface area contributed by atoms with Crippen molar-refractivity contribution in [3.8, 4) is 0 Å². The molecule has 0 aliphatic heterocycles. The fourth-order valence-electron chi connectivity index (χ4n) is 2.04. The first-order valence-corrected chi connectivity index (χ1v) is 6.32. The highest BCUT2D eigenvalue weighted by Crippen LogP contribution is 2.29. The summed E-state index contributed by atoms with van der Waals surface area (Å²) < 4.78 is 2.12. The van der Waals surface area contributed by atoms with Crippen LogP contribution in [-0.2, 0) is 6.54 Å². The van der Waals surface area contributed by atoms with Gasteiger partial charge in [0, 0.05) is 35.5 Å². The standard InChI is InChI=1S/C14H10Cl2N2/c15-11-6-13(16)12-3-5-18(14(12)7-11)9-10-2-1-4-17-8-10/h1-8H,9H2. The third-order valence-corrected chi connectivity index (χ3v) is 3.41. The van der Waals surface area contributed by atoms with Crippen molar-refractivity contribution in [2.45, 2.75) is 6.54 Å². The fraction of sp³-hybridized carbons (Fsp3) is 0.0714. The van der Waals surface area contributed by atoms with Crippen LogP contribution in [0.2, 0.25) is 10.0 Å². The van der Waals surface area contributed by atoms with E-state index in [1.807, 2.05) is 36.7 Å². The van der Waals surface area contributed by atoms with Crippen LogP contribution in [0.1, 0.15) is 5.56 Å². The number of pyridine rings is 1. The second-order valence-corrected chi connectivity index (χ2v) is 4.97. The molecule has 0 unspecified atom stereocenters. The summed E-state index contributed by atoms with van der Waals surface area (Å²) in [6.07, 6.45) is 5.64. The molecule has 0 saturated heterocycles. The van der Waals surface area contributed by atoms with E-state index < -0.39 is 0 Å². The summed E-state index contributed by atoms with van der Waals surface area (Å²) in [5.41, 5.74) is 2.18. The number of rotatable bonds is 2. The summed E-state index contributed by atoms with van der Waals surface area (Å²) in [5, 5.41) is 2.35. The average molecular weight is 277 g/mol. The molecule has 0 atom stereocenters. The number of hydrogen-bond donors (Lipinski definition) is 0. The van der Waals surface area contributed by atoms with Gasteiger partial charge in [0.15, 0.2) is 0 Å². The van der Waals surface area contributed by atoms with E-state index in [0.29, 0.717) is 10.0 Å². The molecule has 1 aromatic carbocycles. The lowest BCUT2D eigenvalue weighted by atomic mass is 10.2. The zero-order valence-corrected chi connectivity index (χ0v) is 11.0. The minimum atomic E-state index is 0.652. The zero-order chi connectivity index (χ0) is 12.5. The molecule has 90 valence electrons. The van der Waals surface area contributed by atoms with E-state index in [1.54, 1.807) is 12.3 Å². The molecule has 3 aromatic rings. The van der Waals surface area contributed by atoms with E-state index in [2.05, 4.69) is 9.55 Å². The Morgan fingerprint density at radius 1 is 1.17 bits per heavy atom. The quantitative estimate of drug-likeness (QED) is 0.679. The molecule has 0 aliphatic carbocycles. The van der Waals surface area contributed by atoms with Crippen molar-refractivity contribution in [2.24, 2.45) is 0 Å². The summed E-state index contributed by atoms with van der Waals surface area (Å²) in [6.45, 7) is 0.758. The monoisotopic (exact) mass is 276 g/mol. The maximum absolute atomic E-state index is 6.17. The maximum Gasteiger partial charge on any atom is 0.0514 e. The van der Waals surface area contributed by atoms with E-state index in [-0.39, 0.29) is 0 Å². The first-order valence-electron chi connectivity index (χ1n) is 5.57. The Morgan fingerprint density at radius 2 is 2.06 bits per heavy atom. The van der Waals surface area contributed by atoms with Crippen LogP contribution >= 0.6 is 23.2 Å². The Bertz CT molecular complexity index is 690. The largest absolute Gasteiger partial charge is 0.343 e. The van der Waals surface area contributed by atoms with Crippen LogP contribution < -0.4 is 0 Å². The predicted octanol–water partition coefficient (Wildman–Crippen LogP) is 4.39. The third-order valence-electron chi connectivity index (χ3n) is 2.88. The Kier molecular flexibility index (Phi) is 2.98. The van der Waals surface area contributed by atoms with Crippen LogP contribution in [0.3, 0.4) is 0 Å². The summed E-state index contributed by atoms with van der Waals surface area (Å²) in [7, 11) is 0. The molecule has 4 heteroatoms. The Hall–Kier alpha value is -1.51. The zero-order valence-electron chi connectivity index (χ0n) is 9.48. The molecule has 0 aliphatic rings. The van der Waals surface area contributed by atoms with Gasteiger partial charge in [-0.05, 0) is 29.8 Å². The molecule has 0 saturated carbocycles. The maximum atomic E-state index is 6.17. The van der Waals surface area contributed by atoms with Gasteiger partial charge in [-0.2, -0.15) is 0 Å². The van der Waals surface area contributed by atoms with Gasteiger partial charge >= 0.3 is 0 Å². The minimum absolute atomic E-state index is 0.652. The van der Waals surface area contributed by atoms with Gasteiger partial charge in [-0.1, -0.05) is 29.3 Å². The summed E-state index contributed by atoms with van der Waals surface area (Å²) in [4.78, 5) is 4.11. The Morgan fingerprint density at radius 3 is 2.83 bits per heavy atom. The van der Waals surface area contributed by atoms with Crippen LogP contribution in [0.15, 0.2) is 48.9 Å². The normalized spacial score (nSPS) is 11.0. The summed E-state index contributed by atoms with van der Waals surface area (Å²) in [6, 6.07) is 9.68. The van der Waals surface area contributed by atoms with Crippen LogP contribution in [0.5, 0.6) is 0 Å². The smallest absolute Gasteiger partial charge is 0.0514 e. The second-order valence-electron chi connectivity index (χ2n) is 4.13. The molecule has 2 nitrogen and oxygen atoms in total. The highest BCUT2D eigenvalue weighted by molar-refractivity contribution is 6.38. The van der Waals surface area contributed by atoms with Gasteiger partial charge in [-0.25, -0.2) is 0 Å². The number of aromatic nitrogens is 2. The number of nitrogens with zero attached hydrogens (tertiary/aromatic N) is 2. The van der Waals surface area contributed by atoms with E-state index >= 15 is 0 Å². The lowest BCUT2D eigenvalue weighted by molar-refractivity contribution is 0.832. The van der Waals surface area contributed by atoms with E-state index in [0.717, 1.165) is 23.0 Å². The highest BCUT2D eigenvalue weighted by Gasteiger charge is 2.06. The van der Waals surface area contributed by atoms with Gasteiger partial charge in [0.25, 0.3) is 0 Å². The first kappa shape index (κ1) is 11.6. The van der Waals surface area contributed by atoms with Crippen LogP contribution in [0, 0.1) is 0 Å². The van der Waals surface area contributed by atoms with Crippen molar-refractivity contribution in [1.29, 1.82) is 0 Å².